The van der Waals surface area contributed by atoms with Crippen molar-refractivity contribution in [1.82, 2.24) is 9.72 Å². The standard InChI is InChI=1S/C28H28N2O5/c1-17-13-20(29-35-17)16-34-21-8-10-23-25(15-21)33-12-11-30-24-14-19(28(31)32)7-9-22(24)26(27(23)30)18-5-3-2-4-6-18/h7-10,13-15,18H,2-6,11-12,16H2,1H3,(H,31,32). The summed E-state index contributed by atoms with van der Waals surface area (Å²) in [4.78, 5) is 11.7. The summed E-state index contributed by atoms with van der Waals surface area (Å²) < 4.78 is 19.6. The van der Waals surface area contributed by atoms with Crippen molar-refractivity contribution < 1.29 is 23.9 Å². The lowest BCUT2D eigenvalue weighted by Crippen LogP contribution is -2.07. The summed E-state index contributed by atoms with van der Waals surface area (Å²) in [5, 5.41) is 14.8. The number of carboxylic acid groups (broad SMARTS) is 1. The number of carbonyl (C=O) groups is 1. The van der Waals surface area contributed by atoms with Gasteiger partial charge < -0.3 is 23.7 Å². The topological polar surface area (TPSA) is 86.7 Å². The van der Waals surface area contributed by atoms with Crippen LogP contribution in [0.1, 0.15) is 65.4 Å². The van der Waals surface area contributed by atoms with Gasteiger partial charge in [-0.2, -0.15) is 0 Å². The number of aromatic carboxylic acids is 1. The molecule has 0 unspecified atom stereocenters. The van der Waals surface area contributed by atoms with Gasteiger partial charge in [-0.15, -0.1) is 0 Å². The molecular weight excluding hydrogens is 444 g/mol. The third-order valence-corrected chi connectivity index (χ3v) is 7.21. The van der Waals surface area contributed by atoms with Gasteiger partial charge in [0.15, 0.2) is 0 Å². The highest BCUT2D eigenvalue weighted by Crippen LogP contribution is 2.47. The molecule has 35 heavy (non-hydrogen) atoms. The second-order valence-electron chi connectivity index (χ2n) is 9.51. The van der Waals surface area contributed by atoms with E-state index < -0.39 is 5.97 Å². The van der Waals surface area contributed by atoms with Gasteiger partial charge in [0.1, 0.15) is 36.2 Å². The first-order valence-corrected chi connectivity index (χ1v) is 12.3. The normalized spacial score (nSPS) is 15.8. The van der Waals surface area contributed by atoms with E-state index in [1.807, 2.05) is 37.3 Å². The molecule has 1 saturated carbocycles. The van der Waals surface area contributed by atoms with Gasteiger partial charge in [0.05, 0.1) is 17.8 Å². The van der Waals surface area contributed by atoms with E-state index in [4.69, 9.17) is 14.0 Å². The van der Waals surface area contributed by atoms with Crippen LogP contribution in [0.15, 0.2) is 47.0 Å². The van der Waals surface area contributed by atoms with E-state index in [2.05, 4.69) is 15.8 Å². The molecule has 0 radical (unpaired) electrons. The van der Waals surface area contributed by atoms with Gasteiger partial charge in [-0.1, -0.05) is 30.5 Å². The summed E-state index contributed by atoms with van der Waals surface area (Å²) in [6.07, 6.45) is 6.03. The van der Waals surface area contributed by atoms with Gasteiger partial charge in [0.25, 0.3) is 0 Å². The fourth-order valence-corrected chi connectivity index (χ4v) is 5.63. The Kier molecular flexibility index (Phi) is 5.47. The Hall–Kier alpha value is -3.74. The Morgan fingerprint density at radius 2 is 2.00 bits per heavy atom. The lowest BCUT2D eigenvalue weighted by molar-refractivity contribution is 0.0697. The fourth-order valence-electron chi connectivity index (χ4n) is 5.63. The highest BCUT2D eigenvalue weighted by molar-refractivity contribution is 5.98. The predicted octanol–water partition coefficient (Wildman–Crippen LogP) is 6.32. The highest BCUT2D eigenvalue weighted by atomic mass is 16.5. The molecule has 2 aromatic heterocycles. The van der Waals surface area contributed by atoms with Gasteiger partial charge in [0.2, 0.25) is 0 Å². The average molecular weight is 473 g/mol. The maximum atomic E-state index is 11.7. The van der Waals surface area contributed by atoms with Gasteiger partial charge in [-0.25, -0.2) is 4.79 Å². The van der Waals surface area contributed by atoms with Crippen molar-refractivity contribution >= 4 is 16.9 Å². The zero-order valence-corrected chi connectivity index (χ0v) is 19.8. The van der Waals surface area contributed by atoms with Crippen molar-refractivity contribution in [2.45, 2.75) is 58.1 Å². The van der Waals surface area contributed by atoms with Gasteiger partial charge >= 0.3 is 5.97 Å². The van der Waals surface area contributed by atoms with Crippen molar-refractivity contribution in [3.05, 3.63) is 65.0 Å². The quantitative estimate of drug-likeness (QED) is 0.366. The molecule has 0 saturated heterocycles. The summed E-state index contributed by atoms with van der Waals surface area (Å²) in [7, 11) is 0. The zero-order valence-electron chi connectivity index (χ0n) is 19.8. The predicted molar refractivity (Wildman–Crippen MR) is 131 cm³/mol. The van der Waals surface area contributed by atoms with Crippen molar-refractivity contribution in [3.8, 4) is 22.8 Å². The Morgan fingerprint density at radius 1 is 1.14 bits per heavy atom. The number of rotatable bonds is 5. The van der Waals surface area contributed by atoms with Crippen molar-refractivity contribution in [2.75, 3.05) is 6.61 Å². The summed E-state index contributed by atoms with van der Waals surface area (Å²) >= 11 is 0. The van der Waals surface area contributed by atoms with Crippen LogP contribution in [0.5, 0.6) is 11.5 Å². The number of hydrogen-bond donors (Lipinski definition) is 1. The van der Waals surface area contributed by atoms with Crippen LogP contribution in [0.25, 0.3) is 22.2 Å². The van der Waals surface area contributed by atoms with Gasteiger partial charge in [0, 0.05) is 28.6 Å². The zero-order chi connectivity index (χ0) is 23.9. The minimum absolute atomic E-state index is 0.310. The van der Waals surface area contributed by atoms with Crippen LogP contribution in [0.3, 0.4) is 0 Å². The maximum Gasteiger partial charge on any atom is 0.335 e. The molecule has 2 aromatic carbocycles. The van der Waals surface area contributed by atoms with Gasteiger partial charge in [-0.05, 0) is 55.5 Å². The fraction of sp³-hybridized carbons (Fsp3) is 0.357. The number of aryl methyl sites for hydroxylation is 1. The SMILES string of the molecule is Cc1cc(COc2ccc3c(c2)OCCn2c-3c(C3CCCCC3)c3ccc(C(=O)O)cc32)no1. The summed E-state index contributed by atoms with van der Waals surface area (Å²) in [6, 6.07) is 13.4. The lowest BCUT2D eigenvalue weighted by atomic mass is 9.81. The second kappa shape index (κ2) is 8.80. The lowest BCUT2D eigenvalue weighted by Gasteiger charge is -2.23. The Bertz CT molecular complexity index is 1410. The van der Waals surface area contributed by atoms with E-state index in [1.54, 1.807) is 6.07 Å². The summed E-state index contributed by atoms with van der Waals surface area (Å²) in [5.74, 6) is 1.80. The highest BCUT2D eigenvalue weighted by Gasteiger charge is 2.29. The van der Waals surface area contributed by atoms with Crippen LogP contribution < -0.4 is 9.47 Å². The Morgan fingerprint density at radius 3 is 2.77 bits per heavy atom. The Labute approximate surface area is 203 Å². The molecule has 1 aliphatic carbocycles. The Balaban J connectivity index is 1.46. The molecule has 7 nitrogen and oxygen atoms in total. The first-order chi connectivity index (χ1) is 17.1. The number of fused-ring (bicyclic) bond motifs is 5. The monoisotopic (exact) mass is 472 g/mol. The molecule has 4 aromatic rings. The maximum absolute atomic E-state index is 11.7. The number of nitrogens with zero attached hydrogens (tertiary/aromatic N) is 2. The van der Waals surface area contributed by atoms with Crippen LogP contribution in [0, 0.1) is 6.92 Å². The molecule has 0 spiro atoms. The minimum atomic E-state index is -0.906. The number of benzene rings is 2. The first-order valence-electron chi connectivity index (χ1n) is 12.3. The van der Waals surface area contributed by atoms with Crippen LogP contribution in [-0.4, -0.2) is 27.4 Å². The van der Waals surface area contributed by atoms with E-state index in [0.717, 1.165) is 52.2 Å². The van der Waals surface area contributed by atoms with E-state index >= 15 is 0 Å². The molecule has 1 N–H and O–H groups in total. The summed E-state index contributed by atoms with van der Waals surface area (Å²) in [5.41, 5.74) is 5.53. The van der Waals surface area contributed by atoms with Crippen molar-refractivity contribution in [3.63, 3.8) is 0 Å². The number of aromatic nitrogens is 2. The molecular formula is C28H28N2O5. The van der Waals surface area contributed by atoms with Crippen LogP contribution >= 0.6 is 0 Å². The number of hydrogen-bond acceptors (Lipinski definition) is 5. The number of ether oxygens (including phenoxy) is 2. The molecule has 7 heteroatoms. The smallest absolute Gasteiger partial charge is 0.335 e. The molecule has 6 rings (SSSR count). The molecule has 0 amide bonds. The second-order valence-corrected chi connectivity index (χ2v) is 9.51. The van der Waals surface area contributed by atoms with E-state index in [9.17, 15) is 9.90 Å². The molecule has 0 bridgehead atoms. The van der Waals surface area contributed by atoms with E-state index in [-0.39, 0.29) is 0 Å². The molecule has 1 aliphatic heterocycles. The average Bonchev–Trinajstić information content (AvgIpc) is 3.37. The van der Waals surface area contributed by atoms with Crippen molar-refractivity contribution in [1.29, 1.82) is 0 Å². The van der Waals surface area contributed by atoms with E-state index in [0.29, 0.717) is 37.0 Å². The largest absolute Gasteiger partial charge is 0.491 e. The first kappa shape index (κ1) is 21.8. The third-order valence-electron chi connectivity index (χ3n) is 7.21. The molecule has 1 fully saturated rings. The van der Waals surface area contributed by atoms with E-state index in [1.165, 1.54) is 24.8 Å². The van der Waals surface area contributed by atoms with Crippen LogP contribution in [0.4, 0.5) is 0 Å². The third kappa shape index (κ3) is 3.95. The van der Waals surface area contributed by atoms with Gasteiger partial charge in [-0.3, -0.25) is 0 Å². The molecule has 2 aliphatic rings. The minimum Gasteiger partial charge on any atom is -0.491 e. The molecule has 180 valence electrons. The summed E-state index contributed by atoms with van der Waals surface area (Å²) in [6.45, 7) is 3.33. The molecule has 3 heterocycles. The van der Waals surface area contributed by atoms with Crippen LogP contribution in [0.2, 0.25) is 0 Å². The van der Waals surface area contributed by atoms with Crippen LogP contribution in [-0.2, 0) is 13.2 Å². The van der Waals surface area contributed by atoms with Crippen molar-refractivity contribution in [2.24, 2.45) is 0 Å². The number of carboxylic acids is 1. The molecule has 0 atom stereocenters.